The Morgan fingerprint density at radius 2 is 1.95 bits per heavy atom. The van der Waals surface area contributed by atoms with Crippen LogP contribution in [0.1, 0.15) is 37.6 Å². The number of hydrogen-bond acceptors (Lipinski definition) is 3. The predicted molar refractivity (Wildman–Crippen MR) is 83.2 cm³/mol. The lowest BCUT2D eigenvalue weighted by molar-refractivity contribution is -0.115. The van der Waals surface area contributed by atoms with Crippen molar-refractivity contribution in [2.24, 2.45) is 5.73 Å². The SMILES string of the molecule is CCC(=O)Nc1cccc(C(=O)NC(C)(C)CN)c1.Cl. The number of benzene rings is 1. The van der Waals surface area contributed by atoms with Crippen molar-refractivity contribution in [3.63, 3.8) is 0 Å². The van der Waals surface area contributed by atoms with E-state index in [0.29, 0.717) is 24.2 Å². The Morgan fingerprint density at radius 1 is 1.30 bits per heavy atom. The van der Waals surface area contributed by atoms with E-state index in [2.05, 4.69) is 10.6 Å². The molecule has 0 aliphatic heterocycles. The van der Waals surface area contributed by atoms with Gasteiger partial charge in [0, 0.05) is 29.8 Å². The molecule has 112 valence electrons. The topological polar surface area (TPSA) is 84.2 Å². The average Bonchev–Trinajstić information content (AvgIpc) is 2.38. The maximum Gasteiger partial charge on any atom is 0.251 e. The number of halogens is 1. The highest BCUT2D eigenvalue weighted by atomic mass is 35.5. The standard InChI is InChI=1S/C14H21N3O2.ClH/c1-4-12(18)16-11-7-5-6-10(8-11)13(19)17-14(2,3)9-15;/h5-8H,4,9,15H2,1-3H3,(H,16,18)(H,17,19);1H. The second kappa shape index (κ2) is 7.87. The molecule has 0 aliphatic rings. The molecule has 0 saturated heterocycles. The zero-order chi connectivity index (χ0) is 14.5. The van der Waals surface area contributed by atoms with Crippen LogP contribution >= 0.6 is 12.4 Å². The molecule has 0 atom stereocenters. The summed E-state index contributed by atoms with van der Waals surface area (Å²) in [6, 6.07) is 6.83. The van der Waals surface area contributed by atoms with E-state index >= 15 is 0 Å². The molecule has 0 unspecified atom stereocenters. The summed E-state index contributed by atoms with van der Waals surface area (Å²) in [5.41, 5.74) is 6.23. The van der Waals surface area contributed by atoms with Crippen molar-refractivity contribution >= 4 is 29.9 Å². The molecule has 5 nitrogen and oxygen atoms in total. The predicted octanol–water partition coefficient (Wildman–Crippen LogP) is 1.92. The van der Waals surface area contributed by atoms with E-state index in [-0.39, 0.29) is 24.2 Å². The fourth-order valence-electron chi connectivity index (χ4n) is 1.42. The van der Waals surface area contributed by atoms with E-state index < -0.39 is 5.54 Å². The molecule has 6 heteroatoms. The number of hydrogen-bond donors (Lipinski definition) is 3. The highest BCUT2D eigenvalue weighted by Gasteiger charge is 2.19. The van der Waals surface area contributed by atoms with Gasteiger partial charge in [-0.25, -0.2) is 0 Å². The third-order valence-corrected chi connectivity index (χ3v) is 2.69. The molecular weight excluding hydrogens is 278 g/mol. The Balaban J connectivity index is 0.00000361. The molecule has 0 fully saturated rings. The number of amides is 2. The summed E-state index contributed by atoms with van der Waals surface area (Å²) in [5, 5.41) is 5.56. The van der Waals surface area contributed by atoms with Crippen LogP contribution in [0.15, 0.2) is 24.3 Å². The Hall–Kier alpha value is -1.59. The van der Waals surface area contributed by atoms with Gasteiger partial charge in [0.2, 0.25) is 5.91 Å². The van der Waals surface area contributed by atoms with Gasteiger partial charge in [-0.05, 0) is 32.0 Å². The van der Waals surface area contributed by atoms with Gasteiger partial charge in [-0.15, -0.1) is 12.4 Å². The molecule has 20 heavy (non-hydrogen) atoms. The van der Waals surface area contributed by atoms with Crippen LogP contribution in [0.2, 0.25) is 0 Å². The first-order valence-electron chi connectivity index (χ1n) is 6.30. The number of carbonyl (C=O) groups excluding carboxylic acids is 2. The van der Waals surface area contributed by atoms with Crippen molar-refractivity contribution < 1.29 is 9.59 Å². The van der Waals surface area contributed by atoms with Crippen LogP contribution in [0, 0.1) is 0 Å². The molecule has 2 amide bonds. The van der Waals surface area contributed by atoms with Crippen molar-refractivity contribution in [1.82, 2.24) is 5.32 Å². The van der Waals surface area contributed by atoms with Crippen LogP contribution in [0.3, 0.4) is 0 Å². The quantitative estimate of drug-likeness (QED) is 0.776. The molecule has 0 aliphatic carbocycles. The van der Waals surface area contributed by atoms with Gasteiger partial charge in [-0.3, -0.25) is 9.59 Å². The third-order valence-electron chi connectivity index (χ3n) is 2.69. The molecule has 1 rings (SSSR count). The fourth-order valence-corrected chi connectivity index (χ4v) is 1.42. The van der Waals surface area contributed by atoms with Crippen molar-refractivity contribution in [3.05, 3.63) is 29.8 Å². The number of rotatable bonds is 5. The molecule has 0 bridgehead atoms. The lowest BCUT2D eigenvalue weighted by Gasteiger charge is -2.24. The van der Waals surface area contributed by atoms with Gasteiger partial charge in [0.25, 0.3) is 5.91 Å². The first kappa shape index (κ1) is 18.4. The summed E-state index contributed by atoms with van der Waals surface area (Å²) >= 11 is 0. The van der Waals surface area contributed by atoms with E-state index in [1.54, 1.807) is 31.2 Å². The first-order chi connectivity index (χ1) is 8.88. The Morgan fingerprint density at radius 3 is 2.50 bits per heavy atom. The normalized spacial score (nSPS) is 10.4. The summed E-state index contributed by atoms with van der Waals surface area (Å²) in [6.45, 7) is 5.84. The van der Waals surface area contributed by atoms with Gasteiger partial charge in [0.1, 0.15) is 0 Å². The van der Waals surface area contributed by atoms with Crippen LogP contribution in [-0.4, -0.2) is 23.9 Å². The van der Waals surface area contributed by atoms with Gasteiger partial charge >= 0.3 is 0 Å². The molecule has 0 saturated carbocycles. The second-order valence-electron chi connectivity index (χ2n) is 5.02. The van der Waals surface area contributed by atoms with E-state index in [9.17, 15) is 9.59 Å². The van der Waals surface area contributed by atoms with E-state index in [0.717, 1.165) is 0 Å². The summed E-state index contributed by atoms with van der Waals surface area (Å²) in [5.74, 6) is -0.289. The molecule has 0 spiro atoms. The minimum absolute atomic E-state index is 0. The van der Waals surface area contributed by atoms with E-state index in [1.807, 2.05) is 13.8 Å². The lowest BCUT2D eigenvalue weighted by Crippen LogP contribution is -2.48. The molecule has 0 aromatic heterocycles. The Labute approximate surface area is 125 Å². The monoisotopic (exact) mass is 299 g/mol. The summed E-state index contributed by atoms with van der Waals surface area (Å²) in [7, 11) is 0. The molecule has 0 radical (unpaired) electrons. The molecular formula is C14H22ClN3O2. The van der Waals surface area contributed by atoms with Crippen LogP contribution in [0.5, 0.6) is 0 Å². The minimum Gasteiger partial charge on any atom is -0.346 e. The van der Waals surface area contributed by atoms with Crippen LogP contribution in [0.4, 0.5) is 5.69 Å². The van der Waals surface area contributed by atoms with Gasteiger partial charge in [0.05, 0.1) is 0 Å². The smallest absolute Gasteiger partial charge is 0.251 e. The van der Waals surface area contributed by atoms with Crippen molar-refractivity contribution in [2.45, 2.75) is 32.7 Å². The zero-order valence-corrected chi connectivity index (χ0v) is 12.8. The maximum absolute atomic E-state index is 12.0. The zero-order valence-electron chi connectivity index (χ0n) is 12.0. The Kier molecular flexibility index (Phi) is 7.24. The summed E-state index contributed by atoms with van der Waals surface area (Å²) in [6.07, 6.45) is 0.399. The molecule has 4 N–H and O–H groups in total. The van der Waals surface area contributed by atoms with Gasteiger partial charge < -0.3 is 16.4 Å². The minimum atomic E-state index is -0.459. The number of anilines is 1. The van der Waals surface area contributed by atoms with Crippen LogP contribution in [-0.2, 0) is 4.79 Å². The van der Waals surface area contributed by atoms with E-state index in [1.165, 1.54) is 0 Å². The van der Waals surface area contributed by atoms with Crippen molar-refractivity contribution in [1.29, 1.82) is 0 Å². The summed E-state index contributed by atoms with van der Waals surface area (Å²) < 4.78 is 0. The summed E-state index contributed by atoms with van der Waals surface area (Å²) in [4.78, 5) is 23.4. The number of nitrogens with two attached hydrogens (primary N) is 1. The fraction of sp³-hybridized carbons (Fsp3) is 0.429. The molecule has 0 heterocycles. The number of nitrogens with one attached hydrogen (secondary N) is 2. The van der Waals surface area contributed by atoms with Crippen LogP contribution in [0.25, 0.3) is 0 Å². The first-order valence-corrected chi connectivity index (χ1v) is 6.30. The molecule has 1 aromatic carbocycles. The maximum atomic E-state index is 12.0. The van der Waals surface area contributed by atoms with Gasteiger partial charge in [-0.1, -0.05) is 13.0 Å². The highest BCUT2D eigenvalue weighted by molar-refractivity contribution is 5.97. The van der Waals surface area contributed by atoms with Gasteiger partial charge in [0.15, 0.2) is 0 Å². The average molecular weight is 300 g/mol. The van der Waals surface area contributed by atoms with Crippen molar-refractivity contribution in [2.75, 3.05) is 11.9 Å². The third kappa shape index (κ3) is 5.59. The second-order valence-corrected chi connectivity index (χ2v) is 5.02. The van der Waals surface area contributed by atoms with Gasteiger partial charge in [-0.2, -0.15) is 0 Å². The number of carbonyl (C=O) groups is 2. The van der Waals surface area contributed by atoms with Crippen LogP contribution < -0.4 is 16.4 Å². The largest absolute Gasteiger partial charge is 0.346 e. The van der Waals surface area contributed by atoms with Crippen molar-refractivity contribution in [3.8, 4) is 0 Å². The lowest BCUT2D eigenvalue weighted by atomic mass is 10.1. The van der Waals surface area contributed by atoms with E-state index in [4.69, 9.17) is 5.73 Å². The highest BCUT2D eigenvalue weighted by Crippen LogP contribution is 2.12. The Bertz CT molecular complexity index is 475. The molecule has 1 aromatic rings.